The Labute approximate surface area is 100 Å². The summed E-state index contributed by atoms with van der Waals surface area (Å²) in [4.78, 5) is 3.61. The number of thiophene rings is 1. The first kappa shape index (κ1) is 11.2. The van der Waals surface area contributed by atoms with Gasteiger partial charge >= 0.3 is 0 Å². The molecule has 0 aliphatic rings. The number of nitrogens with two attached hydrogens (primary N) is 1. The molecule has 3 heteroatoms. The minimum atomic E-state index is 0.892. The summed E-state index contributed by atoms with van der Waals surface area (Å²) in [5.74, 6) is 0. The van der Waals surface area contributed by atoms with Crippen LogP contribution in [-0.2, 0) is 13.1 Å². The molecule has 2 N–H and O–H groups in total. The first-order valence-corrected chi connectivity index (χ1v) is 6.12. The fourth-order valence-corrected chi connectivity index (χ4v) is 2.56. The van der Waals surface area contributed by atoms with E-state index in [-0.39, 0.29) is 0 Å². The third kappa shape index (κ3) is 3.08. The van der Waals surface area contributed by atoms with Gasteiger partial charge in [0.15, 0.2) is 0 Å². The van der Waals surface area contributed by atoms with Crippen LogP contribution in [0.5, 0.6) is 0 Å². The Kier molecular flexibility index (Phi) is 3.59. The normalized spacial score (nSPS) is 10.9. The van der Waals surface area contributed by atoms with Gasteiger partial charge < -0.3 is 5.73 Å². The minimum absolute atomic E-state index is 0.892. The van der Waals surface area contributed by atoms with Crippen molar-refractivity contribution in [1.29, 1.82) is 0 Å². The molecule has 0 fully saturated rings. The molecule has 0 radical (unpaired) electrons. The van der Waals surface area contributed by atoms with Crippen molar-refractivity contribution in [3.05, 3.63) is 52.9 Å². The van der Waals surface area contributed by atoms with Crippen molar-refractivity contribution in [2.45, 2.75) is 13.1 Å². The summed E-state index contributed by atoms with van der Waals surface area (Å²) in [5.41, 5.74) is 7.05. The van der Waals surface area contributed by atoms with Crippen LogP contribution in [0.1, 0.15) is 10.4 Å². The second-order valence-corrected chi connectivity index (χ2v) is 5.16. The van der Waals surface area contributed by atoms with Crippen LogP contribution in [0.2, 0.25) is 0 Å². The SMILES string of the molecule is CN(Cc1ccccc1)Cc1ccc(N)s1. The molecule has 2 aromatic rings. The predicted octanol–water partition coefficient (Wildman–Crippen LogP) is 2.96. The zero-order valence-electron chi connectivity index (χ0n) is 9.39. The van der Waals surface area contributed by atoms with E-state index in [0.717, 1.165) is 18.1 Å². The predicted molar refractivity (Wildman–Crippen MR) is 70.3 cm³/mol. The Morgan fingerprint density at radius 3 is 2.44 bits per heavy atom. The molecule has 1 aromatic carbocycles. The highest BCUT2D eigenvalue weighted by molar-refractivity contribution is 7.15. The van der Waals surface area contributed by atoms with E-state index in [0.29, 0.717) is 0 Å². The van der Waals surface area contributed by atoms with Crippen LogP contribution in [0.25, 0.3) is 0 Å². The van der Waals surface area contributed by atoms with E-state index >= 15 is 0 Å². The molecule has 0 aliphatic heterocycles. The van der Waals surface area contributed by atoms with Crippen molar-refractivity contribution in [3.8, 4) is 0 Å². The van der Waals surface area contributed by atoms with Crippen LogP contribution < -0.4 is 5.73 Å². The van der Waals surface area contributed by atoms with Gasteiger partial charge in [-0.05, 0) is 24.7 Å². The second-order valence-electron chi connectivity index (χ2n) is 3.96. The van der Waals surface area contributed by atoms with Crippen molar-refractivity contribution in [3.63, 3.8) is 0 Å². The minimum Gasteiger partial charge on any atom is -0.391 e. The van der Waals surface area contributed by atoms with E-state index in [1.54, 1.807) is 11.3 Å². The van der Waals surface area contributed by atoms with Crippen LogP contribution in [0.4, 0.5) is 5.00 Å². The lowest BCUT2D eigenvalue weighted by molar-refractivity contribution is 0.322. The molecule has 0 atom stereocenters. The van der Waals surface area contributed by atoms with Crippen LogP contribution in [0.3, 0.4) is 0 Å². The van der Waals surface area contributed by atoms with Gasteiger partial charge in [-0.1, -0.05) is 30.3 Å². The number of nitrogens with zero attached hydrogens (tertiary/aromatic N) is 1. The number of hydrogen-bond acceptors (Lipinski definition) is 3. The molecule has 16 heavy (non-hydrogen) atoms. The average molecular weight is 232 g/mol. The Morgan fingerprint density at radius 2 is 1.81 bits per heavy atom. The molecule has 0 spiro atoms. The summed E-state index contributed by atoms with van der Waals surface area (Å²) >= 11 is 1.66. The van der Waals surface area contributed by atoms with Gasteiger partial charge in [-0.3, -0.25) is 4.90 Å². The smallest absolute Gasteiger partial charge is 0.0859 e. The molecule has 0 unspecified atom stereocenters. The van der Waals surface area contributed by atoms with Crippen molar-refractivity contribution >= 4 is 16.3 Å². The number of nitrogen functional groups attached to an aromatic ring is 1. The van der Waals surface area contributed by atoms with Crippen LogP contribution >= 0.6 is 11.3 Å². The van der Waals surface area contributed by atoms with E-state index < -0.39 is 0 Å². The highest BCUT2D eigenvalue weighted by Crippen LogP contribution is 2.20. The Morgan fingerprint density at radius 1 is 1.06 bits per heavy atom. The first-order valence-electron chi connectivity index (χ1n) is 5.31. The summed E-state index contributed by atoms with van der Waals surface area (Å²) in [6, 6.07) is 14.6. The third-order valence-electron chi connectivity index (χ3n) is 2.40. The van der Waals surface area contributed by atoms with Gasteiger partial charge in [-0.2, -0.15) is 0 Å². The Balaban J connectivity index is 1.92. The van der Waals surface area contributed by atoms with E-state index in [1.807, 2.05) is 12.1 Å². The molecule has 0 bridgehead atoms. The van der Waals surface area contributed by atoms with Crippen molar-refractivity contribution < 1.29 is 0 Å². The maximum absolute atomic E-state index is 5.71. The van der Waals surface area contributed by atoms with Gasteiger partial charge in [0.05, 0.1) is 5.00 Å². The van der Waals surface area contributed by atoms with Gasteiger partial charge in [0, 0.05) is 18.0 Å². The fraction of sp³-hybridized carbons (Fsp3) is 0.231. The number of rotatable bonds is 4. The lowest BCUT2D eigenvalue weighted by Gasteiger charge is -2.15. The van der Waals surface area contributed by atoms with Crippen LogP contribution in [0, 0.1) is 0 Å². The monoisotopic (exact) mass is 232 g/mol. The summed E-state index contributed by atoms with van der Waals surface area (Å²) in [6.07, 6.45) is 0. The lowest BCUT2D eigenvalue weighted by atomic mass is 10.2. The van der Waals surface area contributed by atoms with E-state index in [2.05, 4.69) is 42.3 Å². The van der Waals surface area contributed by atoms with E-state index in [1.165, 1.54) is 10.4 Å². The Hall–Kier alpha value is -1.32. The zero-order chi connectivity index (χ0) is 11.4. The summed E-state index contributed by atoms with van der Waals surface area (Å²) in [6.45, 7) is 1.93. The fourth-order valence-electron chi connectivity index (χ4n) is 1.70. The van der Waals surface area contributed by atoms with E-state index in [9.17, 15) is 0 Å². The molecule has 1 aromatic heterocycles. The molecule has 0 saturated carbocycles. The number of benzene rings is 1. The summed E-state index contributed by atoms with van der Waals surface area (Å²) in [5, 5.41) is 0.892. The molecule has 2 nitrogen and oxygen atoms in total. The Bertz CT molecular complexity index is 436. The molecule has 0 saturated heterocycles. The van der Waals surface area contributed by atoms with E-state index in [4.69, 9.17) is 5.73 Å². The molecule has 0 aliphatic carbocycles. The van der Waals surface area contributed by atoms with Gasteiger partial charge in [0.2, 0.25) is 0 Å². The summed E-state index contributed by atoms with van der Waals surface area (Å²) < 4.78 is 0. The standard InChI is InChI=1S/C13H16N2S/c1-15(9-11-5-3-2-4-6-11)10-12-7-8-13(14)16-12/h2-8H,9-10,14H2,1H3. The van der Waals surface area contributed by atoms with Crippen molar-refractivity contribution in [2.24, 2.45) is 0 Å². The largest absolute Gasteiger partial charge is 0.391 e. The average Bonchev–Trinajstić information content (AvgIpc) is 2.65. The maximum atomic E-state index is 5.71. The molecular weight excluding hydrogens is 216 g/mol. The molecule has 1 heterocycles. The van der Waals surface area contributed by atoms with Crippen molar-refractivity contribution in [2.75, 3.05) is 12.8 Å². The number of hydrogen-bond donors (Lipinski definition) is 1. The number of anilines is 1. The summed E-state index contributed by atoms with van der Waals surface area (Å²) in [7, 11) is 2.13. The molecule has 2 rings (SSSR count). The van der Waals surface area contributed by atoms with Crippen LogP contribution in [0.15, 0.2) is 42.5 Å². The molecular formula is C13H16N2S. The van der Waals surface area contributed by atoms with Gasteiger partial charge in [-0.15, -0.1) is 11.3 Å². The lowest BCUT2D eigenvalue weighted by Crippen LogP contribution is -2.16. The van der Waals surface area contributed by atoms with Gasteiger partial charge in [0.25, 0.3) is 0 Å². The highest BCUT2D eigenvalue weighted by atomic mass is 32.1. The molecule has 84 valence electrons. The zero-order valence-corrected chi connectivity index (χ0v) is 10.2. The highest BCUT2D eigenvalue weighted by Gasteiger charge is 2.03. The first-order chi connectivity index (χ1) is 7.74. The second kappa shape index (κ2) is 5.14. The topological polar surface area (TPSA) is 29.3 Å². The van der Waals surface area contributed by atoms with Gasteiger partial charge in [-0.25, -0.2) is 0 Å². The van der Waals surface area contributed by atoms with Crippen LogP contribution in [-0.4, -0.2) is 11.9 Å². The maximum Gasteiger partial charge on any atom is 0.0859 e. The van der Waals surface area contributed by atoms with Crippen molar-refractivity contribution in [1.82, 2.24) is 4.90 Å². The van der Waals surface area contributed by atoms with Gasteiger partial charge in [0.1, 0.15) is 0 Å². The molecule has 0 amide bonds. The quantitative estimate of drug-likeness (QED) is 0.878. The third-order valence-corrected chi connectivity index (χ3v) is 3.30.